The Bertz CT molecular complexity index is 477. The molecule has 7 heteroatoms. The van der Waals surface area contributed by atoms with Gasteiger partial charge in [-0.1, -0.05) is 23.2 Å². The van der Waals surface area contributed by atoms with Gasteiger partial charge in [0.05, 0.1) is 10.0 Å². The van der Waals surface area contributed by atoms with Gasteiger partial charge in [0.1, 0.15) is 5.75 Å². The Kier molecular flexibility index (Phi) is 7.60. The van der Waals surface area contributed by atoms with Gasteiger partial charge in [0.15, 0.2) is 6.61 Å². The molecular formula is C14H19Cl3N2O2. The fraction of sp³-hybridized carbons (Fsp3) is 0.500. The van der Waals surface area contributed by atoms with Gasteiger partial charge in [-0.15, -0.1) is 12.4 Å². The predicted molar refractivity (Wildman–Crippen MR) is 87.6 cm³/mol. The Morgan fingerprint density at radius 2 is 1.90 bits per heavy atom. The molecule has 0 spiro atoms. The second-order valence-electron chi connectivity index (χ2n) is 5.04. The van der Waals surface area contributed by atoms with E-state index < -0.39 is 0 Å². The monoisotopic (exact) mass is 352 g/mol. The van der Waals surface area contributed by atoms with Gasteiger partial charge in [0, 0.05) is 18.2 Å². The maximum absolute atomic E-state index is 11.8. The van der Waals surface area contributed by atoms with Crippen LogP contribution in [-0.4, -0.2) is 24.6 Å². The zero-order chi connectivity index (χ0) is 14.5. The molecule has 118 valence electrons. The predicted octanol–water partition coefficient (Wildman–Crippen LogP) is 3.18. The fourth-order valence-corrected chi connectivity index (χ4v) is 2.54. The van der Waals surface area contributed by atoms with Crippen LogP contribution in [-0.2, 0) is 4.79 Å². The molecule has 1 aliphatic rings. The van der Waals surface area contributed by atoms with E-state index in [-0.39, 0.29) is 37.0 Å². The normalized spacial score (nSPS) is 21.3. The van der Waals surface area contributed by atoms with Crippen molar-refractivity contribution in [3.05, 3.63) is 28.2 Å². The van der Waals surface area contributed by atoms with Gasteiger partial charge in [-0.05, 0) is 37.8 Å². The first-order chi connectivity index (χ1) is 9.54. The number of nitrogens with one attached hydrogen (secondary N) is 1. The number of hydrogen-bond acceptors (Lipinski definition) is 3. The second-order valence-corrected chi connectivity index (χ2v) is 5.86. The van der Waals surface area contributed by atoms with Gasteiger partial charge < -0.3 is 15.8 Å². The molecule has 21 heavy (non-hydrogen) atoms. The number of carbonyl (C=O) groups is 1. The highest BCUT2D eigenvalue weighted by atomic mass is 35.5. The van der Waals surface area contributed by atoms with E-state index in [9.17, 15) is 4.79 Å². The Morgan fingerprint density at radius 1 is 1.24 bits per heavy atom. The molecule has 0 atom stereocenters. The van der Waals surface area contributed by atoms with Crippen LogP contribution in [0, 0.1) is 0 Å². The third kappa shape index (κ3) is 5.91. The van der Waals surface area contributed by atoms with Crippen molar-refractivity contribution in [3.63, 3.8) is 0 Å². The van der Waals surface area contributed by atoms with Crippen LogP contribution in [0.4, 0.5) is 0 Å². The lowest BCUT2D eigenvalue weighted by atomic mass is 9.92. The molecule has 2 rings (SSSR count). The summed E-state index contributed by atoms with van der Waals surface area (Å²) in [5, 5.41) is 3.83. The Balaban J connectivity index is 0.00000220. The Morgan fingerprint density at radius 3 is 2.52 bits per heavy atom. The van der Waals surface area contributed by atoms with Crippen molar-refractivity contribution in [2.24, 2.45) is 5.73 Å². The zero-order valence-electron chi connectivity index (χ0n) is 11.5. The molecule has 0 aromatic heterocycles. The number of ether oxygens (including phenoxy) is 1. The number of nitrogens with two attached hydrogens (primary N) is 1. The van der Waals surface area contributed by atoms with Crippen LogP contribution in [0.5, 0.6) is 5.75 Å². The molecule has 1 fully saturated rings. The summed E-state index contributed by atoms with van der Waals surface area (Å²) in [5.41, 5.74) is 5.83. The molecule has 4 nitrogen and oxygen atoms in total. The first-order valence-electron chi connectivity index (χ1n) is 6.67. The SMILES string of the molecule is Cl.NC1CCC(NC(=O)COc2ccc(Cl)c(Cl)c2)CC1. The van der Waals surface area contributed by atoms with Gasteiger partial charge in [-0.3, -0.25) is 4.79 Å². The summed E-state index contributed by atoms with van der Waals surface area (Å²) in [6.07, 6.45) is 3.77. The molecule has 3 N–H and O–H groups in total. The Hall–Kier alpha value is -0.680. The largest absolute Gasteiger partial charge is 0.484 e. The van der Waals surface area contributed by atoms with Crippen LogP contribution in [0.3, 0.4) is 0 Å². The van der Waals surface area contributed by atoms with E-state index in [1.54, 1.807) is 18.2 Å². The summed E-state index contributed by atoms with van der Waals surface area (Å²) < 4.78 is 5.39. The minimum absolute atomic E-state index is 0. The average molecular weight is 354 g/mol. The summed E-state index contributed by atoms with van der Waals surface area (Å²) in [6.45, 7) is -0.0273. The zero-order valence-corrected chi connectivity index (χ0v) is 13.8. The first-order valence-corrected chi connectivity index (χ1v) is 7.43. The van der Waals surface area contributed by atoms with Crippen LogP contribution >= 0.6 is 35.6 Å². The highest BCUT2D eigenvalue weighted by molar-refractivity contribution is 6.42. The number of halogens is 3. The van der Waals surface area contributed by atoms with E-state index in [0.717, 1.165) is 25.7 Å². The van der Waals surface area contributed by atoms with Crippen molar-refractivity contribution < 1.29 is 9.53 Å². The van der Waals surface area contributed by atoms with Gasteiger partial charge in [0.25, 0.3) is 5.91 Å². The van der Waals surface area contributed by atoms with Gasteiger partial charge >= 0.3 is 0 Å². The van der Waals surface area contributed by atoms with Crippen LogP contribution in [0.1, 0.15) is 25.7 Å². The van der Waals surface area contributed by atoms with Gasteiger partial charge in [-0.25, -0.2) is 0 Å². The quantitative estimate of drug-likeness (QED) is 0.874. The molecule has 0 unspecified atom stereocenters. The molecule has 1 aliphatic carbocycles. The molecule has 0 aliphatic heterocycles. The molecule has 1 amide bonds. The third-order valence-electron chi connectivity index (χ3n) is 3.40. The van der Waals surface area contributed by atoms with Crippen molar-refractivity contribution >= 4 is 41.5 Å². The summed E-state index contributed by atoms with van der Waals surface area (Å²) in [5.74, 6) is 0.400. The summed E-state index contributed by atoms with van der Waals surface area (Å²) in [6, 6.07) is 5.40. The summed E-state index contributed by atoms with van der Waals surface area (Å²) >= 11 is 11.7. The van der Waals surface area contributed by atoms with Crippen molar-refractivity contribution in [1.82, 2.24) is 5.32 Å². The molecule has 1 aromatic rings. The minimum atomic E-state index is -0.128. The van der Waals surface area contributed by atoms with Gasteiger partial charge in [0.2, 0.25) is 0 Å². The highest BCUT2D eigenvalue weighted by Gasteiger charge is 2.20. The maximum Gasteiger partial charge on any atom is 0.258 e. The molecule has 0 heterocycles. The molecule has 1 aromatic carbocycles. The molecule has 0 saturated heterocycles. The lowest BCUT2D eigenvalue weighted by Crippen LogP contribution is -2.42. The van der Waals surface area contributed by atoms with E-state index in [4.69, 9.17) is 33.7 Å². The topological polar surface area (TPSA) is 64.3 Å². The highest BCUT2D eigenvalue weighted by Crippen LogP contribution is 2.26. The van der Waals surface area contributed by atoms with Crippen molar-refractivity contribution in [1.29, 1.82) is 0 Å². The number of benzene rings is 1. The minimum Gasteiger partial charge on any atom is -0.484 e. The molecule has 0 bridgehead atoms. The fourth-order valence-electron chi connectivity index (χ4n) is 2.25. The van der Waals surface area contributed by atoms with Crippen molar-refractivity contribution in [2.75, 3.05) is 6.61 Å². The molecule has 1 saturated carbocycles. The number of amides is 1. The Labute approximate surface area is 140 Å². The molecule has 0 radical (unpaired) electrons. The van der Waals surface area contributed by atoms with Crippen LogP contribution in [0.25, 0.3) is 0 Å². The summed E-state index contributed by atoms with van der Waals surface area (Å²) in [4.78, 5) is 11.8. The maximum atomic E-state index is 11.8. The standard InChI is InChI=1S/C14H18Cl2N2O2.ClH/c15-12-6-5-11(7-13(12)16)20-8-14(19)18-10-3-1-9(17)2-4-10;/h5-7,9-10H,1-4,8,17H2,(H,18,19);1H. The second kappa shape index (κ2) is 8.69. The van der Waals surface area contributed by atoms with Crippen LogP contribution in [0.2, 0.25) is 10.0 Å². The van der Waals surface area contributed by atoms with Gasteiger partial charge in [-0.2, -0.15) is 0 Å². The van der Waals surface area contributed by atoms with E-state index in [2.05, 4.69) is 5.32 Å². The van der Waals surface area contributed by atoms with Crippen LogP contribution in [0.15, 0.2) is 18.2 Å². The lowest BCUT2D eigenvalue weighted by Gasteiger charge is -2.26. The lowest BCUT2D eigenvalue weighted by molar-refractivity contribution is -0.124. The number of carbonyl (C=O) groups excluding carboxylic acids is 1. The van der Waals surface area contributed by atoms with E-state index >= 15 is 0 Å². The smallest absolute Gasteiger partial charge is 0.258 e. The number of rotatable bonds is 4. The van der Waals surface area contributed by atoms with Crippen molar-refractivity contribution in [2.45, 2.75) is 37.8 Å². The average Bonchev–Trinajstić information content (AvgIpc) is 2.43. The molecular weight excluding hydrogens is 335 g/mol. The number of hydrogen-bond donors (Lipinski definition) is 2. The summed E-state index contributed by atoms with van der Waals surface area (Å²) in [7, 11) is 0. The van der Waals surface area contributed by atoms with E-state index in [0.29, 0.717) is 15.8 Å². The van der Waals surface area contributed by atoms with E-state index in [1.807, 2.05) is 0 Å². The van der Waals surface area contributed by atoms with Crippen LogP contribution < -0.4 is 15.8 Å². The van der Waals surface area contributed by atoms with E-state index in [1.165, 1.54) is 0 Å². The first kappa shape index (κ1) is 18.4. The third-order valence-corrected chi connectivity index (χ3v) is 4.14. The van der Waals surface area contributed by atoms with Crippen molar-refractivity contribution in [3.8, 4) is 5.75 Å².